The third kappa shape index (κ3) is 3.99. The molecule has 0 bridgehead atoms. The van der Waals surface area contributed by atoms with Crippen LogP contribution in [0.4, 0.5) is 0 Å². The van der Waals surface area contributed by atoms with Crippen LogP contribution in [-0.4, -0.2) is 35.6 Å². The molecule has 3 nitrogen and oxygen atoms in total. The Bertz CT molecular complexity index is 378. The average Bonchev–Trinajstić information content (AvgIpc) is 2.96. The molecule has 2 aliphatic carbocycles. The van der Waals surface area contributed by atoms with E-state index < -0.39 is 0 Å². The first-order chi connectivity index (χ1) is 10.2. The molecule has 1 saturated heterocycles. The maximum Gasteiger partial charge on any atom is 0.104 e. The SMILES string of the molecule is CC(C#N)(CCCN1CCCC1C1CCCC1)NC1CC1. The van der Waals surface area contributed by atoms with Gasteiger partial charge >= 0.3 is 0 Å². The monoisotopic (exact) mass is 289 g/mol. The number of likely N-dealkylation sites (tertiary alicyclic amines) is 1. The van der Waals surface area contributed by atoms with Gasteiger partial charge in [-0.1, -0.05) is 12.8 Å². The topological polar surface area (TPSA) is 39.1 Å². The van der Waals surface area contributed by atoms with E-state index in [-0.39, 0.29) is 5.54 Å². The van der Waals surface area contributed by atoms with Crippen molar-refractivity contribution in [1.29, 1.82) is 5.26 Å². The molecule has 0 amide bonds. The van der Waals surface area contributed by atoms with Gasteiger partial charge in [-0.05, 0) is 77.3 Å². The Morgan fingerprint density at radius 3 is 2.57 bits per heavy atom. The van der Waals surface area contributed by atoms with Crippen molar-refractivity contribution in [2.24, 2.45) is 5.92 Å². The Hall–Kier alpha value is -0.590. The minimum Gasteiger partial charge on any atom is -0.300 e. The zero-order valence-corrected chi connectivity index (χ0v) is 13.6. The second-order valence-electron chi connectivity index (χ2n) is 7.76. The molecular weight excluding hydrogens is 258 g/mol. The summed E-state index contributed by atoms with van der Waals surface area (Å²) in [6.45, 7) is 4.58. The molecule has 0 radical (unpaired) electrons. The second-order valence-corrected chi connectivity index (χ2v) is 7.76. The molecule has 0 aromatic carbocycles. The number of nitriles is 1. The zero-order chi connectivity index (χ0) is 14.7. The van der Waals surface area contributed by atoms with E-state index in [1.807, 2.05) is 0 Å². The highest BCUT2D eigenvalue weighted by Crippen LogP contribution is 2.35. The molecule has 3 aliphatic rings. The minimum atomic E-state index is -0.302. The van der Waals surface area contributed by atoms with Gasteiger partial charge in [0.2, 0.25) is 0 Å². The molecule has 3 heteroatoms. The number of hydrogen-bond acceptors (Lipinski definition) is 3. The average molecular weight is 289 g/mol. The molecule has 1 N–H and O–H groups in total. The van der Waals surface area contributed by atoms with Gasteiger partial charge in [-0.15, -0.1) is 0 Å². The van der Waals surface area contributed by atoms with Crippen molar-refractivity contribution in [2.45, 2.75) is 88.8 Å². The zero-order valence-electron chi connectivity index (χ0n) is 13.6. The van der Waals surface area contributed by atoms with Crippen LogP contribution >= 0.6 is 0 Å². The van der Waals surface area contributed by atoms with E-state index in [4.69, 9.17) is 0 Å². The Kier molecular flexibility index (Phi) is 4.86. The molecule has 1 aliphatic heterocycles. The van der Waals surface area contributed by atoms with E-state index >= 15 is 0 Å². The fraction of sp³-hybridized carbons (Fsp3) is 0.944. The van der Waals surface area contributed by atoms with Crippen molar-refractivity contribution in [3.63, 3.8) is 0 Å². The van der Waals surface area contributed by atoms with Gasteiger partial charge in [0.05, 0.1) is 6.07 Å². The van der Waals surface area contributed by atoms with Gasteiger partial charge in [0.1, 0.15) is 5.54 Å². The van der Waals surface area contributed by atoms with Gasteiger partial charge in [0.15, 0.2) is 0 Å². The Balaban J connectivity index is 1.44. The maximum atomic E-state index is 9.45. The van der Waals surface area contributed by atoms with Crippen LogP contribution in [-0.2, 0) is 0 Å². The summed E-state index contributed by atoms with van der Waals surface area (Å²) < 4.78 is 0. The minimum absolute atomic E-state index is 0.302. The summed E-state index contributed by atoms with van der Waals surface area (Å²) in [6.07, 6.45) is 13.3. The highest BCUT2D eigenvalue weighted by molar-refractivity contribution is 5.07. The van der Waals surface area contributed by atoms with Gasteiger partial charge in [-0.2, -0.15) is 5.26 Å². The van der Waals surface area contributed by atoms with E-state index in [1.165, 1.54) is 64.5 Å². The normalized spacial score (nSPS) is 30.4. The van der Waals surface area contributed by atoms with E-state index in [0.29, 0.717) is 6.04 Å². The van der Waals surface area contributed by atoms with Crippen molar-refractivity contribution in [1.82, 2.24) is 10.2 Å². The third-order valence-electron chi connectivity index (χ3n) is 5.83. The summed E-state index contributed by atoms with van der Waals surface area (Å²) in [5.74, 6) is 0.972. The first kappa shape index (κ1) is 15.3. The lowest BCUT2D eigenvalue weighted by Gasteiger charge is -2.30. The van der Waals surface area contributed by atoms with Crippen LogP contribution in [0.2, 0.25) is 0 Å². The first-order valence-electron chi connectivity index (χ1n) is 9.13. The van der Waals surface area contributed by atoms with Gasteiger partial charge in [0.25, 0.3) is 0 Å². The van der Waals surface area contributed by atoms with Crippen LogP contribution in [0.25, 0.3) is 0 Å². The fourth-order valence-electron chi connectivity index (χ4n) is 4.48. The largest absolute Gasteiger partial charge is 0.300 e. The molecule has 2 saturated carbocycles. The van der Waals surface area contributed by atoms with Gasteiger partial charge in [0, 0.05) is 12.1 Å². The predicted molar refractivity (Wildman–Crippen MR) is 86.0 cm³/mol. The molecule has 118 valence electrons. The van der Waals surface area contributed by atoms with Crippen LogP contribution < -0.4 is 5.32 Å². The smallest absolute Gasteiger partial charge is 0.104 e. The molecule has 2 atom stereocenters. The second kappa shape index (κ2) is 6.67. The van der Waals surface area contributed by atoms with Crippen LogP contribution in [0.1, 0.15) is 71.1 Å². The Labute approximate surface area is 130 Å². The maximum absolute atomic E-state index is 9.45. The van der Waals surface area contributed by atoms with E-state index in [0.717, 1.165) is 24.8 Å². The highest BCUT2D eigenvalue weighted by Gasteiger charge is 2.35. The standard InChI is InChI=1S/C18H31N3/c1-18(14-19,20-16-9-10-16)11-5-13-21-12-4-8-17(21)15-6-2-3-7-15/h15-17,20H,2-13H2,1H3. The van der Waals surface area contributed by atoms with Crippen LogP contribution in [0.15, 0.2) is 0 Å². The molecule has 21 heavy (non-hydrogen) atoms. The van der Waals surface area contributed by atoms with Gasteiger partial charge in [-0.3, -0.25) is 5.32 Å². The quantitative estimate of drug-likeness (QED) is 0.780. The molecule has 0 spiro atoms. The molecule has 0 aromatic rings. The molecular formula is C18H31N3. The summed E-state index contributed by atoms with van der Waals surface area (Å²) in [6, 6.07) is 3.99. The van der Waals surface area contributed by atoms with Gasteiger partial charge < -0.3 is 4.90 Å². The van der Waals surface area contributed by atoms with Crippen LogP contribution in [0, 0.1) is 17.2 Å². The summed E-state index contributed by atoms with van der Waals surface area (Å²) in [5.41, 5.74) is -0.302. The summed E-state index contributed by atoms with van der Waals surface area (Å²) in [5, 5.41) is 13.0. The van der Waals surface area contributed by atoms with E-state index in [2.05, 4.69) is 23.2 Å². The van der Waals surface area contributed by atoms with Gasteiger partial charge in [-0.25, -0.2) is 0 Å². The van der Waals surface area contributed by atoms with Crippen molar-refractivity contribution in [3.8, 4) is 6.07 Å². The molecule has 0 aromatic heterocycles. The number of nitrogens with zero attached hydrogens (tertiary/aromatic N) is 2. The van der Waals surface area contributed by atoms with Crippen molar-refractivity contribution < 1.29 is 0 Å². The lowest BCUT2D eigenvalue weighted by atomic mass is 9.94. The number of hydrogen-bond donors (Lipinski definition) is 1. The highest BCUT2D eigenvalue weighted by atomic mass is 15.2. The van der Waals surface area contributed by atoms with Crippen molar-refractivity contribution in [2.75, 3.05) is 13.1 Å². The molecule has 1 heterocycles. The summed E-state index contributed by atoms with van der Waals surface area (Å²) in [7, 11) is 0. The lowest BCUT2D eigenvalue weighted by molar-refractivity contribution is 0.183. The van der Waals surface area contributed by atoms with Crippen LogP contribution in [0.5, 0.6) is 0 Å². The Morgan fingerprint density at radius 1 is 1.14 bits per heavy atom. The van der Waals surface area contributed by atoms with E-state index in [9.17, 15) is 5.26 Å². The van der Waals surface area contributed by atoms with Crippen LogP contribution in [0.3, 0.4) is 0 Å². The summed E-state index contributed by atoms with van der Waals surface area (Å²) >= 11 is 0. The molecule has 2 unspecified atom stereocenters. The molecule has 3 rings (SSSR count). The van der Waals surface area contributed by atoms with Crippen molar-refractivity contribution >= 4 is 0 Å². The summed E-state index contributed by atoms with van der Waals surface area (Å²) in [4.78, 5) is 2.74. The lowest BCUT2D eigenvalue weighted by Crippen LogP contribution is -2.43. The number of nitrogens with one attached hydrogen (secondary N) is 1. The fourth-order valence-corrected chi connectivity index (χ4v) is 4.48. The number of rotatable bonds is 7. The van der Waals surface area contributed by atoms with Crippen molar-refractivity contribution in [3.05, 3.63) is 0 Å². The van der Waals surface area contributed by atoms with E-state index in [1.54, 1.807) is 0 Å². The molecule has 3 fully saturated rings. The Morgan fingerprint density at radius 2 is 1.90 bits per heavy atom. The third-order valence-corrected chi connectivity index (χ3v) is 5.83. The predicted octanol–water partition coefficient (Wildman–Crippen LogP) is 3.46. The first-order valence-corrected chi connectivity index (χ1v) is 9.13.